The Bertz CT molecular complexity index is 1130. The Morgan fingerprint density at radius 1 is 1.03 bits per heavy atom. The number of carbonyl (C=O) groups is 2. The SMILES string of the molecule is O=C(CSc1ncc(-c2ccc(Cl)cc2)n1C1CCCC1)N1CCN(C(=O)c2ccco2)CC1. The molecule has 178 valence electrons. The fraction of sp³-hybridized carbons (Fsp3) is 0.400. The zero-order valence-corrected chi connectivity index (χ0v) is 20.4. The van der Waals surface area contributed by atoms with E-state index in [0.29, 0.717) is 48.8 Å². The number of carbonyl (C=O) groups excluding carboxylic acids is 2. The molecule has 1 aliphatic carbocycles. The Morgan fingerprint density at radius 2 is 1.74 bits per heavy atom. The van der Waals surface area contributed by atoms with Crippen LogP contribution in [0.5, 0.6) is 0 Å². The molecule has 7 nitrogen and oxygen atoms in total. The predicted molar refractivity (Wildman–Crippen MR) is 132 cm³/mol. The van der Waals surface area contributed by atoms with Crippen molar-refractivity contribution in [3.8, 4) is 11.3 Å². The molecule has 34 heavy (non-hydrogen) atoms. The van der Waals surface area contributed by atoms with E-state index in [1.54, 1.807) is 17.0 Å². The van der Waals surface area contributed by atoms with Gasteiger partial charge in [0.05, 0.1) is 23.9 Å². The lowest BCUT2D eigenvalue weighted by atomic mass is 10.1. The van der Waals surface area contributed by atoms with Gasteiger partial charge in [-0.25, -0.2) is 4.98 Å². The van der Waals surface area contributed by atoms with Crippen LogP contribution in [0.4, 0.5) is 0 Å². The Balaban J connectivity index is 1.23. The van der Waals surface area contributed by atoms with Crippen molar-refractivity contribution < 1.29 is 14.0 Å². The van der Waals surface area contributed by atoms with E-state index < -0.39 is 0 Å². The van der Waals surface area contributed by atoms with E-state index in [-0.39, 0.29) is 11.8 Å². The van der Waals surface area contributed by atoms with Crippen LogP contribution < -0.4 is 0 Å². The summed E-state index contributed by atoms with van der Waals surface area (Å²) in [5, 5.41) is 1.60. The van der Waals surface area contributed by atoms with E-state index >= 15 is 0 Å². The quantitative estimate of drug-likeness (QED) is 0.448. The highest BCUT2D eigenvalue weighted by molar-refractivity contribution is 7.99. The molecule has 1 saturated carbocycles. The number of halogens is 1. The van der Waals surface area contributed by atoms with Crippen LogP contribution in [-0.4, -0.2) is 63.1 Å². The molecule has 2 amide bonds. The van der Waals surface area contributed by atoms with Gasteiger partial charge in [-0.1, -0.05) is 48.3 Å². The summed E-state index contributed by atoms with van der Waals surface area (Å²) in [4.78, 5) is 33.7. The van der Waals surface area contributed by atoms with Crippen molar-refractivity contribution in [2.24, 2.45) is 0 Å². The average molecular weight is 499 g/mol. The number of benzene rings is 1. The molecular weight excluding hydrogens is 472 g/mol. The van der Waals surface area contributed by atoms with Gasteiger partial charge in [0, 0.05) is 37.2 Å². The van der Waals surface area contributed by atoms with Gasteiger partial charge in [-0.2, -0.15) is 0 Å². The summed E-state index contributed by atoms with van der Waals surface area (Å²) in [6.07, 6.45) is 8.10. The van der Waals surface area contributed by atoms with Gasteiger partial charge >= 0.3 is 0 Å². The first-order valence-electron chi connectivity index (χ1n) is 11.7. The molecule has 2 fully saturated rings. The van der Waals surface area contributed by atoms with Gasteiger partial charge in [0.15, 0.2) is 10.9 Å². The fourth-order valence-electron chi connectivity index (χ4n) is 4.73. The minimum Gasteiger partial charge on any atom is -0.459 e. The number of thioether (sulfide) groups is 1. The molecule has 3 aromatic rings. The fourth-order valence-corrected chi connectivity index (χ4v) is 5.81. The van der Waals surface area contributed by atoms with Crippen LogP contribution in [0.1, 0.15) is 42.3 Å². The average Bonchev–Trinajstić information content (AvgIpc) is 3.64. The highest BCUT2D eigenvalue weighted by Crippen LogP contribution is 2.38. The molecule has 9 heteroatoms. The van der Waals surface area contributed by atoms with Crippen molar-refractivity contribution in [1.29, 1.82) is 0 Å². The summed E-state index contributed by atoms with van der Waals surface area (Å²) in [5.74, 6) is 0.616. The van der Waals surface area contributed by atoms with E-state index in [0.717, 1.165) is 29.3 Å². The van der Waals surface area contributed by atoms with E-state index in [4.69, 9.17) is 21.0 Å². The van der Waals surface area contributed by atoms with Crippen molar-refractivity contribution in [3.63, 3.8) is 0 Å². The Morgan fingerprint density at radius 3 is 2.41 bits per heavy atom. The van der Waals surface area contributed by atoms with Crippen LogP contribution in [0, 0.1) is 0 Å². The molecular formula is C25H27ClN4O3S. The van der Waals surface area contributed by atoms with Crippen LogP contribution in [0.2, 0.25) is 5.02 Å². The summed E-state index contributed by atoms with van der Waals surface area (Å²) < 4.78 is 7.53. The number of furan rings is 1. The van der Waals surface area contributed by atoms with Gasteiger partial charge in [-0.15, -0.1) is 0 Å². The van der Waals surface area contributed by atoms with Crippen molar-refractivity contribution in [2.75, 3.05) is 31.9 Å². The number of rotatable bonds is 6. The standard InChI is InChI=1S/C25H27ClN4O3S/c26-19-9-7-18(8-10-19)21-16-27-25(30(21)20-4-1-2-5-20)34-17-23(31)28-11-13-29(14-12-28)24(32)22-6-3-15-33-22/h3,6-10,15-16,20H,1-2,4-5,11-14,17H2. The molecule has 1 saturated heterocycles. The molecule has 2 aromatic heterocycles. The third-order valence-corrected chi connectivity index (χ3v) is 7.77. The molecule has 0 spiro atoms. The van der Waals surface area contributed by atoms with E-state index in [1.165, 1.54) is 30.9 Å². The maximum atomic E-state index is 13.0. The van der Waals surface area contributed by atoms with Crippen LogP contribution >= 0.6 is 23.4 Å². The summed E-state index contributed by atoms with van der Waals surface area (Å²) in [6.45, 7) is 2.07. The van der Waals surface area contributed by atoms with E-state index in [9.17, 15) is 9.59 Å². The summed E-state index contributed by atoms with van der Waals surface area (Å²) >= 11 is 7.59. The number of imidazole rings is 1. The van der Waals surface area contributed by atoms with Crippen molar-refractivity contribution in [3.05, 3.63) is 59.6 Å². The van der Waals surface area contributed by atoms with E-state index in [2.05, 4.69) is 4.57 Å². The molecule has 2 aliphatic rings. The molecule has 0 unspecified atom stereocenters. The largest absolute Gasteiger partial charge is 0.459 e. The first-order chi connectivity index (χ1) is 16.6. The summed E-state index contributed by atoms with van der Waals surface area (Å²) in [7, 11) is 0. The smallest absolute Gasteiger partial charge is 0.289 e. The highest BCUT2D eigenvalue weighted by Gasteiger charge is 2.28. The van der Waals surface area contributed by atoms with Crippen LogP contribution in [0.3, 0.4) is 0 Å². The highest BCUT2D eigenvalue weighted by atomic mass is 35.5. The zero-order valence-electron chi connectivity index (χ0n) is 18.9. The third kappa shape index (κ3) is 4.88. The monoisotopic (exact) mass is 498 g/mol. The van der Waals surface area contributed by atoms with Crippen molar-refractivity contribution >= 4 is 35.2 Å². The molecule has 1 aliphatic heterocycles. The lowest BCUT2D eigenvalue weighted by Crippen LogP contribution is -2.51. The molecule has 0 atom stereocenters. The second-order valence-electron chi connectivity index (χ2n) is 8.68. The van der Waals surface area contributed by atoms with Gasteiger partial charge in [-0.3, -0.25) is 9.59 Å². The second-order valence-corrected chi connectivity index (χ2v) is 10.1. The molecule has 0 radical (unpaired) electrons. The minimum absolute atomic E-state index is 0.0733. The maximum absolute atomic E-state index is 13.0. The molecule has 1 aromatic carbocycles. The van der Waals surface area contributed by atoms with Crippen LogP contribution in [0.15, 0.2) is 58.4 Å². The maximum Gasteiger partial charge on any atom is 0.289 e. The van der Waals surface area contributed by atoms with Gasteiger partial charge in [0.1, 0.15) is 0 Å². The number of aromatic nitrogens is 2. The zero-order chi connectivity index (χ0) is 23.5. The molecule has 0 N–H and O–H groups in total. The first kappa shape index (κ1) is 23.1. The molecule has 3 heterocycles. The van der Waals surface area contributed by atoms with Gasteiger partial charge in [-0.05, 0) is 42.7 Å². The molecule has 5 rings (SSSR count). The normalized spacial score (nSPS) is 16.9. The number of amides is 2. The van der Waals surface area contributed by atoms with Gasteiger partial charge < -0.3 is 18.8 Å². The lowest BCUT2D eigenvalue weighted by molar-refractivity contribution is -0.129. The minimum atomic E-state index is -0.125. The Hall–Kier alpha value is -2.71. The van der Waals surface area contributed by atoms with Gasteiger partial charge in [0.25, 0.3) is 5.91 Å². The number of hydrogen-bond acceptors (Lipinski definition) is 5. The van der Waals surface area contributed by atoms with Crippen LogP contribution in [0.25, 0.3) is 11.3 Å². The molecule has 0 bridgehead atoms. The van der Waals surface area contributed by atoms with Crippen LogP contribution in [-0.2, 0) is 4.79 Å². The third-order valence-electron chi connectivity index (χ3n) is 6.57. The van der Waals surface area contributed by atoms with Gasteiger partial charge in [0.2, 0.25) is 5.91 Å². The van der Waals surface area contributed by atoms with Crippen molar-refractivity contribution in [2.45, 2.75) is 36.9 Å². The number of nitrogens with zero attached hydrogens (tertiary/aromatic N) is 4. The summed E-state index contributed by atoms with van der Waals surface area (Å²) in [5.41, 5.74) is 2.16. The van der Waals surface area contributed by atoms with E-state index in [1.807, 2.05) is 35.4 Å². The lowest BCUT2D eigenvalue weighted by Gasteiger charge is -2.34. The second kappa shape index (κ2) is 10.3. The van der Waals surface area contributed by atoms with Crippen molar-refractivity contribution in [1.82, 2.24) is 19.4 Å². The summed E-state index contributed by atoms with van der Waals surface area (Å²) in [6, 6.07) is 11.6. The Kier molecular flexibility index (Phi) is 6.97. The Labute approximate surface area is 208 Å². The first-order valence-corrected chi connectivity index (χ1v) is 13.0. The predicted octanol–water partition coefficient (Wildman–Crippen LogP) is 4.99. The number of piperazine rings is 1. The number of hydrogen-bond donors (Lipinski definition) is 0. The topological polar surface area (TPSA) is 71.6 Å².